The third kappa shape index (κ3) is 1.49. The molecule has 3 rings (SSSR count). The predicted molar refractivity (Wildman–Crippen MR) is 67.7 cm³/mol. The molecule has 0 heterocycles. The molecular formula is C15H21N. The summed E-state index contributed by atoms with van der Waals surface area (Å²) in [5, 5.41) is 0. The average Bonchev–Trinajstić information content (AvgIpc) is 2.97. The summed E-state index contributed by atoms with van der Waals surface area (Å²) < 4.78 is 0. The molecule has 16 heavy (non-hydrogen) atoms. The van der Waals surface area contributed by atoms with Gasteiger partial charge in [0.2, 0.25) is 0 Å². The first-order chi connectivity index (χ1) is 7.84. The van der Waals surface area contributed by atoms with Gasteiger partial charge in [-0.1, -0.05) is 31.0 Å². The monoisotopic (exact) mass is 215 g/mol. The van der Waals surface area contributed by atoms with Crippen LogP contribution in [0.15, 0.2) is 18.2 Å². The number of fused-ring (bicyclic) bond motifs is 1. The molecule has 1 saturated carbocycles. The van der Waals surface area contributed by atoms with E-state index in [1.807, 2.05) is 0 Å². The maximum absolute atomic E-state index is 6.05. The van der Waals surface area contributed by atoms with E-state index in [2.05, 4.69) is 18.2 Å². The minimum Gasteiger partial charge on any atom is -0.330 e. The van der Waals surface area contributed by atoms with Gasteiger partial charge in [0.25, 0.3) is 0 Å². The van der Waals surface area contributed by atoms with Crippen molar-refractivity contribution in [2.24, 2.45) is 5.73 Å². The molecule has 0 saturated heterocycles. The zero-order valence-electron chi connectivity index (χ0n) is 9.97. The van der Waals surface area contributed by atoms with Gasteiger partial charge in [0.15, 0.2) is 0 Å². The standard InChI is InChI=1S/C15H21N/c16-11-15(8-1-2-9-15)14-7-6-12-4-3-5-13(12)10-14/h6-7,10H,1-5,8-9,11,16H2. The molecule has 0 spiro atoms. The highest BCUT2D eigenvalue weighted by molar-refractivity contribution is 5.39. The van der Waals surface area contributed by atoms with E-state index in [0.29, 0.717) is 5.41 Å². The van der Waals surface area contributed by atoms with Gasteiger partial charge in [0.05, 0.1) is 0 Å². The van der Waals surface area contributed by atoms with Crippen LogP contribution in [0.5, 0.6) is 0 Å². The van der Waals surface area contributed by atoms with E-state index < -0.39 is 0 Å². The molecule has 1 aromatic rings. The van der Waals surface area contributed by atoms with E-state index in [1.54, 1.807) is 11.1 Å². The lowest BCUT2D eigenvalue weighted by Gasteiger charge is -2.28. The smallest absolute Gasteiger partial charge is 0.00756 e. The highest BCUT2D eigenvalue weighted by Gasteiger charge is 2.34. The zero-order chi connectivity index (χ0) is 11.0. The maximum Gasteiger partial charge on any atom is 0.00756 e. The molecule has 1 fully saturated rings. The Bertz CT molecular complexity index is 388. The quantitative estimate of drug-likeness (QED) is 0.806. The molecule has 2 aliphatic rings. The molecule has 86 valence electrons. The van der Waals surface area contributed by atoms with Crippen LogP contribution in [0, 0.1) is 0 Å². The summed E-state index contributed by atoms with van der Waals surface area (Å²) in [5.74, 6) is 0. The van der Waals surface area contributed by atoms with E-state index in [0.717, 1.165) is 6.54 Å². The van der Waals surface area contributed by atoms with Gasteiger partial charge in [-0.3, -0.25) is 0 Å². The topological polar surface area (TPSA) is 26.0 Å². The van der Waals surface area contributed by atoms with Gasteiger partial charge >= 0.3 is 0 Å². The van der Waals surface area contributed by atoms with Gasteiger partial charge in [-0.05, 0) is 48.8 Å². The highest BCUT2D eigenvalue weighted by Crippen LogP contribution is 2.41. The molecule has 1 nitrogen and oxygen atoms in total. The van der Waals surface area contributed by atoms with Crippen molar-refractivity contribution >= 4 is 0 Å². The summed E-state index contributed by atoms with van der Waals surface area (Å²) in [6, 6.07) is 7.16. The summed E-state index contributed by atoms with van der Waals surface area (Å²) in [7, 11) is 0. The Morgan fingerprint density at radius 3 is 2.50 bits per heavy atom. The van der Waals surface area contributed by atoms with Crippen LogP contribution in [0.2, 0.25) is 0 Å². The number of aryl methyl sites for hydroxylation is 2. The van der Waals surface area contributed by atoms with Crippen molar-refractivity contribution in [1.29, 1.82) is 0 Å². The van der Waals surface area contributed by atoms with Crippen LogP contribution in [0.25, 0.3) is 0 Å². The van der Waals surface area contributed by atoms with Crippen LogP contribution in [0.1, 0.15) is 48.8 Å². The Hall–Kier alpha value is -0.820. The van der Waals surface area contributed by atoms with Crippen LogP contribution < -0.4 is 5.73 Å². The third-order valence-electron chi connectivity index (χ3n) is 4.66. The van der Waals surface area contributed by atoms with E-state index in [4.69, 9.17) is 5.73 Å². The molecular weight excluding hydrogens is 194 g/mol. The zero-order valence-corrected chi connectivity index (χ0v) is 9.97. The Morgan fingerprint density at radius 1 is 1.00 bits per heavy atom. The van der Waals surface area contributed by atoms with Crippen LogP contribution in [-0.4, -0.2) is 6.54 Å². The van der Waals surface area contributed by atoms with Gasteiger partial charge in [-0.2, -0.15) is 0 Å². The minimum atomic E-state index is 0.317. The first kappa shape index (κ1) is 10.3. The van der Waals surface area contributed by atoms with Gasteiger partial charge in [-0.25, -0.2) is 0 Å². The van der Waals surface area contributed by atoms with Gasteiger partial charge < -0.3 is 5.73 Å². The molecule has 2 N–H and O–H groups in total. The van der Waals surface area contributed by atoms with Crippen LogP contribution in [0.3, 0.4) is 0 Å². The first-order valence-corrected chi connectivity index (χ1v) is 6.66. The molecule has 0 unspecified atom stereocenters. The Morgan fingerprint density at radius 2 is 1.75 bits per heavy atom. The fourth-order valence-corrected chi connectivity index (χ4v) is 3.56. The van der Waals surface area contributed by atoms with E-state index in [9.17, 15) is 0 Å². The van der Waals surface area contributed by atoms with Crippen LogP contribution in [0.4, 0.5) is 0 Å². The summed E-state index contributed by atoms with van der Waals surface area (Å²) in [6.45, 7) is 0.825. The van der Waals surface area contributed by atoms with E-state index in [-0.39, 0.29) is 0 Å². The van der Waals surface area contributed by atoms with Gasteiger partial charge in [0.1, 0.15) is 0 Å². The molecule has 1 heteroatoms. The predicted octanol–water partition coefficient (Wildman–Crippen LogP) is 2.95. The molecule has 2 aliphatic carbocycles. The number of benzene rings is 1. The summed E-state index contributed by atoms with van der Waals surface area (Å²) in [6.07, 6.45) is 9.20. The summed E-state index contributed by atoms with van der Waals surface area (Å²) in [5.41, 5.74) is 11.1. The SMILES string of the molecule is NCC1(c2ccc3c(c2)CCC3)CCCC1. The molecule has 0 aromatic heterocycles. The Kier molecular flexibility index (Phi) is 2.51. The van der Waals surface area contributed by atoms with Gasteiger partial charge in [-0.15, -0.1) is 0 Å². The minimum absolute atomic E-state index is 0.317. The van der Waals surface area contributed by atoms with Crippen LogP contribution in [-0.2, 0) is 18.3 Å². The second-order valence-corrected chi connectivity index (χ2v) is 5.53. The average molecular weight is 215 g/mol. The fraction of sp³-hybridized carbons (Fsp3) is 0.600. The molecule has 1 aromatic carbocycles. The molecule has 0 aliphatic heterocycles. The normalized spacial score (nSPS) is 22.3. The Labute approximate surface area is 98.0 Å². The summed E-state index contributed by atoms with van der Waals surface area (Å²) >= 11 is 0. The van der Waals surface area contributed by atoms with Crippen molar-refractivity contribution in [3.63, 3.8) is 0 Å². The fourth-order valence-electron chi connectivity index (χ4n) is 3.56. The number of nitrogens with two attached hydrogens (primary N) is 1. The number of rotatable bonds is 2. The van der Waals surface area contributed by atoms with Gasteiger partial charge in [0, 0.05) is 12.0 Å². The van der Waals surface area contributed by atoms with E-state index >= 15 is 0 Å². The number of hydrogen-bond acceptors (Lipinski definition) is 1. The maximum atomic E-state index is 6.05. The van der Waals surface area contributed by atoms with Crippen molar-refractivity contribution < 1.29 is 0 Å². The molecule has 0 radical (unpaired) electrons. The Balaban J connectivity index is 1.99. The second-order valence-electron chi connectivity index (χ2n) is 5.53. The second kappa shape index (κ2) is 3.89. The summed E-state index contributed by atoms with van der Waals surface area (Å²) in [4.78, 5) is 0. The van der Waals surface area contributed by atoms with Crippen molar-refractivity contribution in [3.8, 4) is 0 Å². The van der Waals surface area contributed by atoms with Crippen molar-refractivity contribution in [2.75, 3.05) is 6.54 Å². The lowest BCUT2D eigenvalue weighted by atomic mass is 9.78. The first-order valence-electron chi connectivity index (χ1n) is 6.66. The molecule has 0 bridgehead atoms. The number of hydrogen-bond donors (Lipinski definition) is 1. The lowest BCUT2D eigenvalue weighted by Crippen LogP contribution is -2.32. The lowest BCUT2D eigenvalue weighted by molar-refractivity contribution is 0.452. The van der Waals surface area contributed by atoms with E-state index in [1.165, 1.54) is 50.5 Å². The molecule has 0 amide bonds. The van der Waals surface area contributed by atoms with Crippen molar-refractivity contribution in [1.82, 2.24) is 0 Å². The largest absolute Gasteiger partial charge is 0.330 e. The highest BCUT2D eigenvalue weighted by atomic mass is 14.6. The third-order valence-corrected chi connectivity index (χ3v) is 4.66. The van der Waals surface area contributed by atoms with Crippen molar-refractivity contribution in [2.45, 2.75) is 50.4 Å². The van der Waals surface area contributed by atoms with Crippen LogP contribution >= 0.6 is 0 Å². The molecule has 0 atom stereocenters. The van der Waals surface area contributed by atoms with Crippen molar-refractivity contribution in [3.05, 3.63) is 34.9 Å².